The predicted octanol–water partition coefficient (Wildman–Crippen LogP) is 1.65. The average molecular weight is 165 g/mol. The van der Waals surface area contributed by atoms with Gasteiger partial charge in [0.2, 0.25) is 0 Å². The van der Waals surface area contributed by atoms with E-state index in [-0.39, 0.29) is 6.04 Å². The lowest BCUT2D eigenvalue weighted by molar-refractivity contribution is 0.0472. The van der Waals surface area contributed by atoms with Gasteiger partial charge in [-0.25, -0.2) is 0 Å². The molecule has 0 spiro atoms. The summed E-state index contributed by atoms with van der Waals surface area (Å²) in [7, 11) is 0. The molecule has 1 unspecified atom stereocenters. The minimum absolute atomic E-state index is 0.245. The Morgan fingerprint density at radius 2 is 2.08 bits per heavy atom. The maximum Gasteiger partial charge on any atom is 0.146 e. The van der Waals surface area contributed by atoms with Crippen LogP contribution in [-0.2, 0) is 0 Å². The van der Waals surface area contributed by atoms with E-state index < -0.39 is 6.23 Å². The molecule has 1 aliphatic rings. The van der Waals surface area contributed by atoms with Crippen LogP contribution in [0.5, 0.6) is 0 Å². The van der Waals surface area contributed by atoms with Crippen molar-refractivity contribution in [3.63, 3.8) is 0 Å². The molecule has 1 atom stereocenters. The molecule has 0 bridgehead atoms. The first kappa shape index (κ1) is 9.07. The van der Waals surface area contributed by atoms with Crippen molar-refractivity contribution in [2.24, 2.45) is 0 Å². The van der Waals surface area contributed by atoms with Gasteiger partial charge in [-0.1, -0.05) is 19.2 Å². The van der Waals surface area contributed by atoms with E-state index in [4.69, 9.17) is 0 Å². The fourth-order valence-corrected chi connectivity index (χ4v) is 1.33. The van der Waals surface area contributed by atoms with Gasteiger partial charge in [0.05, 0.1) is 0 Å². The largest absolute Gasteiger partial charge is 0.370 e. The highest BCUT2D eigenvalue weighted by Crippen LogP contribution is 2.23. The molecule has 0 aliphatic carbocycles. The number of rotatable bonds is 1. The molecule has 0 aromatic carbocycles. The summed E-state index contributed by atoms with van der Waals surface area (Å²) < 4.78 is 0. The highest BCUT2D eigenvalue weighted by molar-refractivity contribution is 5.38. The van der Waals surface area contributed by atoms with E-state index in [1.165, 1.54) is 0 Å². The Bertz CT molecular complexity index is 240. The van der Waals surface area contributed by atoms with E-state index in [1.54, 1.807) is 12.2 Å². The Labute approximate surface area is 73.5 Å². The zero-order valence-electron chi connectivity index (χ0n) is 7.62. The molecule has 1 rings (SSSR count). The van der Waals surface area contributed by atoms with Crippen LogP contribution in [0.15, 0.2) is 36.6 Å². The third-order valence-corrected chi connectivity index (χ3v) is 1.99. The number of aliphatic hydroxyl groups excluding tert-OH is 1. The standard InChI is InChI=1S/C10H15NO/c1-7(2)11-9(4)8(3)5-6-10(11)12/h5-7,10,12H,3-4H2,1-2H3. The highest BCUT2D eigenvalue weighted by Gasteiger charge is 2.22. The van der Waals surface area contributed by atoms with Crippen molar-refractivity contribution in [1.29, 1.82) is 0 Å². The third kappa shape index (κ3) is 1.43. The van der Waals surface area contributed by atoms with Gasteiger partial charge in [0.15, 0.2) is 0 Å². The lowest BCUT2D eigenvalue weighted by atomic mass is 10.1. The summed E-state index contributed by atoms with van der Waals surface area (Å²) in [4.78, 5) is 1.84. The zero-order valence-corrected chi connectivity index (χ0v) is 7.62. The Morgan fingerprint density at radius 1 is 1.50 bits per heavy atom. The second kappa shape index (κ2) is 3.15. The summed E-state index contributed by atoms with van der Waals surface area (Å²) in [6.45, 7) is 11.7. The van der Waals surface area contributed by atoms with Crippen LogP contribution in [-0.4, -0.2) is 22.3 Å². The summed E-state index contributed by atoms with van der Waals surface area (Å²) in [5.41, 5.74) is 1.68. The van der Waals surface area contributed by atoms with Crippen LogP contribution >= 0.6 is 0 Å². The minimum atomic E-state index is -0.553. The van der Waals surface area contributed by atoms with Gasteiger partial charge in [-0.2, -0.15) is 0 Å². The first-order chi connectivity index (χ1) is 5.54. The van der Waals surface area contributed by atoms with Crippen molar-refractivity contribution in [1.82, 2.24) is 4.90 Å². The van der Waals surface area contributed by atoms with Crippen LogP contribution in [0, 0.1) is 0 Å². The van der Waals surface area contributed by atoms with Crippen molar-refractivity contribution in [2.75, 3.05) is 0 Å². The lowest BCUT2D eigenvalue weighted by Crippen LogP contribution is -2.40. The van der Waals surface area contributed by atoms with Crippen LogP contribution in [0.25, 0.3) is 0 Å². The molecular formula is C10H15NO. The predicted molar refractivity (Wildman–Crippen MR) is 50.4 cm³/mol. The molecule has 0 radical (unpaired) electrons. The lowest BCUT2D eigenvalue weighted by Gasteiger charge is -2.36. The Kier molecular flexibility index (Phi) is 2.38. The third-order valence-electron chi connectivity index (χ3n) is 1.99. The van der Waals surface area contributed by atoms with Crippen molar-refractivity contribution < 1.29 is 5.11 Å². The van der Waals surface area contributed by atoms with Gasteiger partial charge in [0.25, 0.3) is 0 Å². The SMILES string of the molecule is C=C1C=CC(O)N(C(C)C)C1=C. The van der Waals surface area contributed by atoms with Gasteiger partial charge >= 0.3 is 0 Å². The van der Waals surface area contributed by atoms with Crippen molar-refractivity contribution in [2.45, 2.75) is 26.1 Å². The molecule has 66 valence electrons. The molecule has 2 nitrogen and oxygen atoms in total. The van der Waals surface area contributed by atoms with Crippen LogP contribution in [0.4, 0.5) is 0 Å². The van der Waals surface area contributed by atoms with Gasteiger partial charge in [0, 0.05) is 11.7 Å². The number of hydrogen-bond donors (Lipinski definition) is 1. The summed E-state index contributed by atoms with van der Waals surface area (Å²) in [6.07, 6.45) is 2.96. The van der Waals surface area contributed by atoms with E-state index in [0.29, 0.717) is 0 Å². The molecule has 12 heavy (non-hydrogen) atoms. The molecule has 0 saturated carbocycles. The first-order valence-electron chi connectivity index (χ1n) is 4.07. The summed E-state index contributed by atoms with van der Waals surface area (Å²) in [5.74, 6) is 0. The molecule has 1 N–H and O–H groups in total. The fourth-order valence-electron chi connectivity index (χ4n) is 1.33. The molecule has 0 saturated heterocycles. The van der Waals surface area contributed by atoms with Gasteiger partial charge in [-0.15, -0.1) is 0 Å². The van der Waals surface area contributed by atoms with Crippen molar-refractivity contribution >= 4 is 0 Å². The van der Waals surface area contributed by atoms with Gasteiger partial charge in [-0.05, 0) is 25.5 Å². The Balaban J connectivity index is 2.92. The number of nitrogens with zero attached hydrogens (tertiary/aromatic N) is 1. The van der Waals surface area contributed by atoms with E-state index in [2.05, 4.69) is 13.2 Å². The topological polar surface area (TPSA) is 23.5 Å². The van der Waals surface area contributed by atoms with E-state index in [9.17, 15) is 5.11 Å². The van der Waals surface area contributed by atoms with Crippen molar-refractivity contribution in [3.05, 3.63) is 36.6 Å². The summed E-state index contributed by atoms with van der Waals surface area (Å²) >= 11 is 0. The number of aliphatic hydroxyl groups is 1. The van der Waals surface area contributed by atoms with Crippen LogP contribution in [0.3, 0.4) is 0 Å². The van der Waals surface area contributed by atoms with E-state index in [0.717, 1.165) is 11.3 Å². The van der Waals surface area contributed by atoms with Crippen molar-refractivity contribution in [3.8, 4) is 0 Å². The summed E-state index contributed by atoms with van der Waals surface area (Å²) in [6, 6.07) is 0.245. The molecule has 1 aliphatic heterocycles. The van der Waals surface area contributed by atoms with Crippen LogP contribution in [0.2, 0.25) is 0 Å². The maximum atomic E-state index is 9.56. The van der Waals surface area contributed by atoms with Gasteiger partial charge < -0.3 is 10.0 Å². The fraction of sp³-hybridized carbons (Fsp3) is 0.400. The molecule has 2 heteroatoms. The van der Waals surface area contributed by atoms with Crippen LogP contribution in [0.1, 0.15) is 13.8 Å². The molecule has 0 aromatic rings. The quantitative estimate of drug-likeness (QED) is 0.638. The zero-order chi connectivity index (χ0) is 9.30. The number of allylic oxidation sites excluding steroid dienone is 1. The van der Waals surface area contributed by atoms with Gasteiger partial charge in [0.1, 0.15) is 6.23 Å². The maximum absolute atomic E-state index is 9.56. The number of hydrogen-bond acceptors (Lipinski definition) is 2. The smallest absolute Gasteiger partial charge is 0.146 e. The monoisotopic (exact) mass is 165 g/mol. The van der Waals surface area contributed by atoms with E-state index >= 15 is 0 Å². The Morgan fingerprint density at radius 3 is 2.50 bits per heavy atom. The minimum Gasteiger partial charge on any atom is -0.370 e. The molecular weight excluding hydrogens is 150 g/mol. The molecule has 1 heterocycles. The molecule has 0 aromatic heterocycles. The summed E-state index contributed by atoms with van der Waals surface area (Å²) in [5, 5.41) is 9.56. The second-order valence-electron chi connectivity index (χ2n) is 3.25. The average Bonchev–Trinajstić information content (AvgIpc) is 1.97. The van der Waals surface area contributed by atoms with Gasteiger partial charge in [-0.3, -0.25) is 0 Å². The van der Waals surface area contributed by atoms with Crippen LogP contribution < -0.4 is 0 Å². The molecule has 0 fully saturated rings. The Hall–Kier alpha value is -1.02. The normalized spacial score (nSPS) is 24.0. The highest BCUT2D eigenvalue weighted by atomic mass is 16.3. The van der Waals surface area contributed by atoms with E-state index in [1.807, 2.05) is 18.7 Å². The molecule has 0 amide bonds. The second-order valence-corrected chi connectivity index (χ2v) is 3.25. The first-order valence-corrected chi connectivity index (χ1v) is 4.07.